The zero-order valence-electron chi connectivity index (χ0n) is 6.81. The first-order chi connectivity index (χ1) is 6.15. The number of rotatable bonds is 2. The lowest BCUT2D eigenvalue weighted by molar-refractivity contribution is 0.0954. The van der Waals surface area contributed by atoms with Crippen LogP contribution in [0.25, 0.3) is 0 Å². The van der Waals surface area contributed by atoms with Crippen LogP contribution in [-0.2, 0) is 0 Å². The van der Waals surface area contributed by atoms with Crippen molar-refractivity contribution < 1.29 is 9.18 Å². The summed E-state index contributed by atoms with van der Waals surface area (Å²) in [6.45, 7) is 3.68. The van der Waals surface area contributed by atoms with Gasteiger partial charge in [-0.1, -0.05) is 15.9 Å². The molecule has 69 valence electrons. The van der Waals surface area contributed by atoms with Crippen LogP contribution in [-0.4, -0.2) is 12.5 Å². The second kappa shape index (κ2) is 4.37. The van der Waals surface area contributed by atoms with Crippen molar-refractivity contribution in [1.82, 2.24) is 5.32 Å². The summed E-state index contributed by atoms with van der Waals surface area (Å²) >= 11 is 3.10. The van der Waals surface area contributed by atoms with E-state index in [4.69, 9.17) is 0 Å². The standard InChI is InChI=1S/C9H8BrFNO/c1-2-12-9(13)7-4-3-6(10)5-8(7)11/h3-5H,1-2H2,(H,12,13). The van der Waals surface area contributed by atoms with Gasteiger partial charge in [0.25, 0.3) is 5.91 Å². The molecule has 1 radical (unpaired) electrons. The Bertz CT molecular complexity index is 327. The highest BCUT2D eigenvalue weighted by molar-refractivity contribution is 9.10. The molecule has 0 unspecified atom stereocenters. The highest BCUT2D eigenvalue weighted by Crippen LogP contribution is 2.14. The summed E-state index contributed by atoms with van der Waals surface area (Å²) in [7, 11) is 0. The average molecular weight is 245 g/mol. The van der Waals surface area contributed by atoms with Crippen LogP contribution in [0.4, 0.5) is 4.39 Å². The summed E-state index contributed by atoms with van der Waals surface area (Å²) in [6, 6.07) is 4.28. The number of carbonyl (C=O) groups excluding carboxylic acids is 1. The molecule has 1 aromatic carbocycles. The van der Waals surface area contributed by atoms with E-state index in [9.17, 15) is 9.18 Å². The second-order valence-corrected chi connectivity index (χ2v) is 3.30. The Morgan fingerprint density at radius 1 is 1.62 bits per heavy atom. The van der Waals surface area contributed by atoms with Crippen LogP contribution in [0.2, 0.25) is 0 Å². The quantitative estimate of drug-likeness (QED) is 0.849. The first-order valence-electron chi connectivity index (χ1n) is 3.67. The number of hydrogen-bond donors (Lipinski definition) is 1. The first kappa shape index (κ1) is 10.2. The van der Waals surface area contributed by atoms with Crippen molar-refractivity contribution in [3.05, 3.63) is 41.0 Å². The van der Waals surface area contributed by atoms with E-state index in [2.05, 4.69) is 28.2 Å². The van der Waals surface area contributed by atoms with Gasteiger partial charge in [0, 0.05) is 11.0 Å². The topological polar surface area (TPSA) is 29.1 Å². The molecule has 1 rings (SSSR count). The Hall–Kier alpha value is -0.900. The van der Waals surface area contributed by atoms with Gasteiger partial charge in [0.1, 0.15) is 5.82 Å². The van der Waals surface area contributed by atoms with Crippen molar-refractivity contribution in [1.29, 1.82) is 0 Å². The normalized spacial score (nSPS) is 9.77. The maximum atomic E-state index is 13.1. The molecule has 4 heteroatoms. The van der Waals surface area contributed by atoms with Crippen LogP contribution >= 0.6 is 15.9 Å². The van der Waals surface area contributed by atoms with E-state index in [0.717, 1.165) is 0 Å². The van der Waals surface area contributed by atoms with E-state index in [-0.39, 0.29) is 12.1 Å². The van der Waals surface area contributed by atoms with Gasteiger partial charge < -0.3 is 5.32 Å². The minimum atomic E-state index is -0.541. The van der Waals surface area contributed by atoms with E-state index in [0.29, 0.717) is 4.47 Å². The van der Waals surface area contributed by atoms with Crippen molar-refractivity contribution in [2.45, 2.75) is 0 Å². The lowest BCUT2D eigenvalue weighted by Crippen LogP contribution is -2.23. The Balaban J connectivity index is 2.95. The van der Waals surface area contributed by atoms with Gasteiger partial charge in [-0.2, -0.15) is 0 Å². The third kappa shape index (κ3) is 2.52. The molecule has 0 saturated heterocycles. The van der Waals surface area contributed by atoms with Gasteiger partial charge in [0.2, 0.25) is 0 Å². The molecule has 0 spiro atoms. The fourth-order valence-corrected chi connectivity index (χ4v) is 1.22. The molecule has 1 aromatic rings. The highest BCUT2D eigenvalue weighted by Gasteiger charge is 2.09. The predicted octanol–water partition coefficient (Wildman–Crippen LogP) is 2.15. The Kier molecular flexibility index (Phi) is 3.42. The van der Waals surface area contributed by atoms with E-state index < -0.39 is 11.7 Å². The zero-order valence-corrected chi connectivity index (χ0v) is 8.40. The maximum Gasteiger partial charge on any atom is 0.254 e. The molecule has 2 nitrogen and oxygen atoms in total. The van der Waals surface area contributed by atoms with Crippen LogP contribution in [0.5, 0.6) is 0 Å². The summed E-state index contributed by atoms with van der Waals surface area (Å²) < 4.78 is 13.7. The smallest absolute Gasteiger partial charge is 0.254 e. The second-order valence-electron chi connectivity index (χ2n) is 2.38. The Morgan fingerprint density at radius 2 is 2.31 bits per heavy atom. The number of benzene rings is 1. The van der Waals surface area contributed by atoms with Gasteiger partial charge in [-0.3, -0.25) is 4.79 Å². The number of hydrogen-bond acceptors (Lipinski definition) is 1. The average Bonchev–Trinajstić information content (AvgIpc) is 2.04. The molecule has 0 bridgehead atoms. The molecule has 0 aliphatic heterocycles. The fourth-order valence-electron chi connectivity index (χ4n) is 0.882. The molecule has 0 fully saturated rings. The lowest BCUT2D eigenvalue weighted by Gasteiger charge is -2.03. The molecule has 0 aliphatic carbocycles. The third-order valence-corrected chi connectivity index (χ3v) is 1.95. The van der Waals surface area contributed by atoms with Crippen molar-refractivity contribution >= 4 is 21.8 Å². The van der Waals surface area contributed by atoms with Crippen LogP contribution in [0.3, 0.4) is 0 Å². The summed E-state index contributed by atoms with van der Waals surface area (Å²) in [5.41, 5.74) is 0.0341. The maximum absolute atomic E-state index is 13.1. The minimum Gasteiger partial charge on any atom is -0.352 e. The highest BCUT2D eigenvalue weighted by atomic mass is 79.9. The van der Waals surface area contributed by atoms with Gasteiger partial charge >= 0.3 is 0 Å². The van der Waals surface area contributed by atoms with E-state index in [1.54, 1.807) is 6.07 Å². The van der Waals surface area contributed by atoms with E-state index in [1.807, 2.05) is 0 Å². The molecule has 0 aromatic heterocycles. The third-order valence-electron chi connectivity index (χ3n) is 1.46. The van der Waals surface area contributed by atoms with Crippen LogP contribution < -0.4 is 5.32 Å². The molecular weight excluding hydrogens is 237 g/mol. The number of carbonyl (C=O) groups is 1. The zero-order chi connectivity index (χ0) is 9.84. The molecule has 1 amide bonds. The molecule has 0 heterocycles. The molecule has 0 saturated carbocycles. The van der Waals surface area contributed by atoms with Gasteiger partial charge in [-0.15, -0.1) is 0 Å². The van der Waals surface area contributed by atoms with E-state index in [1.165, 1.54) is 12.1 Å². The molecule has 0 aliphatic rings. The van der Waals surface area contributed by atoms with Crippen molar-refractivity contribution in [3.8, 4) is 0 Å². The molecule has 1 N–H and O–H groups in total. The number of nitrogens with one attached hydrogen (secondary N) is 1. The Labute approximate surface area is 84.3 Å². The predicted molar refractivity (Wildman–Crippen MR) is 51.8 cm³/mol. The summed E-state index contributed by atoms with van der Waals surface area (Å²) in [5.74, 6) is -0.986. The monoisotopic (exact) mass is 244 g/mol. The summed E-state index contributed by atoms with van der Waals surface area (Å²) in [6.07, 6.45) is 0. The van der Waals surface area contributed by atoms with Gasteiger partial charge in [-0.25, -0.2) is 4.39 Å². The van der Waals surface area contributed by atoms with Crippen LogP contribution in [0.15, 0.2) is 22.7 Å². The van der Waals surface area contributed by atoms with Crippen molar-refractivity contribution in [2.24, 2.45) is 0 Å². The largest absolute Gasteiger partial charge is 0.352 e. The first-order valence-corrected chi connectivity index (χ1v) is 4.47. The fraction of sp³-hybridized carbons (Fsp3) is 0.111. The lowest BCUT2D eigenvalue weighted by atomic mass is 10.2. The number of amides is 1. The van der Waals surface area contributed by atoms with Gasteiger partial charge in [0.15, 0.2) is 0 Å². The van der Waals surface area contributed by atoms with Crippen molar-refractivity contribution in [3.63, 3.8) is 0 Å². The molecule has 0 atom stereocenters. The Morgan fingerprint density at radius 3 is 2.85 bits per heavy atom. The van der Waals surface area contributed by atoms with Gasteiger partial charge in [0.05, 0.1) is 5.56 Å². The van der Waals surface area contributed by atoms with Crippen molar-refractivity contribution in [2.75, 3.05) is 6.54 Å². The van der Waals surface area contributed by atoms with Crippen LogP contribution in [0.1, 0.15) is 10.4 Å². The van der Waals surface area contributed by atoms with Crippen LogP contribution in [0, 0.1) is 12.7 Å². The van der Waals surface area contributed by atoms with E-state index >= 15 is 0 Å². The number of halogens is 2. The summed E-state index contributed by atoms with van der Waals surface area (Å²) in [4.78, 5) is 11.2. The molecule has 13 heavy (non-hydrogen) atoms. The summed E-state index contributed by atoms with van der Waals surface area (Å²) in [5, 5.41) is 2.42. The molecular formula is C9H8BrFNO. The SMILES string of the molecule is [CH2]CNC(=O)c1ccc(Br)cc1F. The van der Waals surface area contributed by atoms with Gasteiger partial charge in [-0.05, 0) is 25.1 Å². The minimum absolute atomic E-state index is 0.0341.